The van der Waals surface area contributed by atoms with Crippen molar-refractivity contribution in [1.82, 2.24) is 16.0 Å². The standard InChI is InChI=1S/C22H26BrN3O11/c23-9-16(27)12-1-3-13(4-2-12)37-11-18(29)24-10-17(28)25-14(5-7-19(30)31)21(34)26-15(22(35)36)6-8-20(32)33/h1-4,14-15H,5-11H2,(H,24,29)(H,25,28)(H,26,34)(H,30,31)(H,32,33)(H,35,36). The van der Waals surface area contributed by atoms with E-state index in [1.54, 1.807) is 0 Å². The van der Waals surface area contributed by atoms with Crippen LogP contribution in [0.1, 0.15) is 36.0 Å². The summed E-state index contributed by atoms with van der Waals surface area (Å²) < 4.78 is 5.27. The van der Waals surface area contributed by atoms with E-state index < -0.39 is 80.1 Å². The zero-order valence-electron chi connectivity index (χ0n) is 19.4. The van der Waals surface area contributed by atoms with Crippen LogP contribution in [0.4, 0.5) is 0 Å². The Hall–Kier alpha value is -4.01. The fourth-order valence-electron chi connectivity index (χ4n) is 2.77. The van der Waals surface area contributed by atoms with Crippen LogP contribution in [0.25, 0.3) is 0 Å². The first-order valence-electron chi connectivity index (χ1n) is 10.8. The van der Waals surface area contributed by atoms with Crippen molar-refractivity contribution < 1.29 is 53.6 Å². The molecule has 0 saturated carbocycles. The summed E-state index contributed by atoms with van der Waals surface area (Å²) in [6.07, 6.45) is -1.90. The topological polar surface area (TPSA) is 225 Å². The molecule has 15 heteroatoms. The molecule has 0 aliphatic carbocycles. The molecule has 14 nitrogen and oxygen atoms in total. The van der Waals surface area contributed by atoms with Gasteiger partial charge in [0.1, 0.15) is 17.8 Å². The second-order valence-corrected chi connectivity index (χ2v) is 8.09. The lowest BCUT2D eigenvalue weighted by Crippen LogP contribution is -2.53. The van der Waals surface area contributed by atoms with E-state index in [2.05, 4.69) is 31.9 Å². The van der Waals surface area contributed by atoms with Gasteiger partial charge in [-0.15, -0.1) is 0 Å². The third-order valence-corrected chi connectivity index (χ3v) is 5.18. The quantitative estimate of drug-likeness (QED) is 0.101. The van der Waals surface area contributed by atoms with Gasteiger partial charge < -0.3 is 36.0 Å². The Kier molecular flexibility index (Phi) is 13.3. The van der Waals surface area contributed by atoms with Crippen LogP contribution < -0.4 is 20.7 Å². The minimum absolute atomic E-state index is 0.135. The third-order valence-electron chi connectivity index (χ3n) is 4.67. The number of benzene rings is 1. The summed E-state index contributed by atoms with van der Waals surface area (Å²) in [5.74, 6) is -6.48. The first-order chi connectivity index (χ1) is 17.4. The van der Waals surface area contributed by atoms with Crippen molar-refractivity contribution in [2.75, 3.05) is 18.5 Å². The summed E-state index contributed by atoms with van der Waals surface area (Å²) in [7, 11) is 0. The largest absolute Gasteiger partial charge is 0.484 e. The lowest BCUT2D eigenvalue weighted by molar-refractivity contribution is -0.144. The number of carboxylic acids is 3. The maximum absolute atomic E-state index is 12.5. The number of halogens is 1. The van der Waals surface area contributed by atoms with Gasteiger partial charge in [-0.05, 0) is 37.1 Å². The number of Topliss-reactive ketones (excluding diaryl/α,β-unsaturated/α-hetero) is 1. The van der Waals surface area contributed by atoms with Gasteiger partial charge in [-0.3, -0.25) is 28.8 Å². The molecular formula is C22H26BrN3O11. The first kappa shape index (κ1) is 31.0. The van der Waals surface area contributed by atoms with Gasteiger partial charge in [0.25, 0.3) is 5.91 Å². The summed E-state index contributed by atoms with van der Waals surface area (Å²) in [5, 5.41) is 33.5. The van der Waals surface area contributed by atoms with Gasteiger partial charge in [-0.1, -0.05) is 15.9 Å². The molecule has 1 rings (SSSR count). The molecule has 0 spiro atoms. The summed E-state index contributed by atoms with van der Waals surface area (Å²) >= 11 is 3.06. The van der Waals surface area contributed by atoms with Crippen LogP contribution in [0.3, 0.4) is 0 Å². The number of carbonyl (C=O) groups is 7. The smallest absolute Gasteiger partial charge is 0.326 e. The van der Waals surface area contributed by atoms with Gasteiger partial charge in [0, 0.05) is 18.4 Å². The normalized spacial score (nSPS) is 11.9. The molecule has 0 heterocycles. The first-order valence-corrected chi connectivity index (χ1v) is 11.9. The Balaban J connectivity index is 2.62. The number of rotatable bonds is 17. The molecule has 0 fully saturated rings. The van der Waals surface area contributed by atoms with E-state index in [1.165, 1.54) is 24.3 Å². The average Bonchev–Trinajstić information content (AvgIpc) is 2.85. The molecule has 2 unspecified atom stereocenters. The zero-order valence-corrected chi connectivity index (χ0v) is 21.0. The van der Waals surface area contributed by atoms with Gasteiger partial charge in [0.15, 0.2) is 12.4 Å². The van der Waals surface area contributed by atoms with E-state index in [1.807, 2.05) is 0 Å². The number of hydrogen-bond donors (Lipinski definition) is 6. The van der Waals surface area contributed by atoms with E-state index in [0.29, 0.717) is 11.3 Å². The Bertz CT molecular complexity index is 1010. The predicted molar refractivity (Wildman–Crippen MR) is 128 cm³/mol. The molecule has 3 amide bonds. The molecular weight excluding hydrogens is 562 g/mol. The third kappa shape index (κ3) is 12.5. The molecule has 1 aromatic rings. The predicted octanol–water partition coefficient (Wildman–Crippen LogP) is -0.457. The van der Waals surface area contributed by atoms with Crippen LogP contribution in [0.5, 0.6) is 5.75 Å². The van der Waals surface area contributed by atoms with Crippen molar-refractivity contribution in [3.05, 3.63) is 29.8 Å². The number of aliphatic carboxylic acids is 3. The highest BCUT2D eigenvalue weighted by atomic mass is 79.9. The Labute approximate surface area is 218 Å². The number of nitrogens with one attached hydrogen (secondary N) is 3. The van der Waals surface area contributed by atoms with E-state index in [0.717, 1.165) is 0 Å². The molecule has 0 aliphatic heterocycles. The van der Waals surface area contributed by atoms with Gasteiger partial charge in [0.05, 0.1) is 11.9 Å². The number of ether oxygens (including phenoxy) is 1. The molecule has 0 aromatic heterocycles. The van der Waals surface area contributed by atoms with E-state index in [9.17, 15) is 38.7 Å². The van der Waals surface area contributed by atoms with Crippen LogP contribution >= 0.6 is 15.9 Å². The minimum atomic E-state index is -1.57. The Morgan fingerprint density at radius 1 is 0.811 bits per heavy atom. The van der Waals surface area contributed by atoms with Crippen LogP contribution in [-0.4, -0.2) is 87.3 Å². The fraction of sp³-hybridized carbons (Fsp3) is 0.409. The summed E-state index contributed by atoms with van der Waals surface area (Å²) in [4.78, 5) is 81.1. The number of carbonyl (C=O) groups excluding carboxylic acids is 4. The number of amides is 3. The number of carboxylic acid groups (broad SMARTS) is 3. The number of ketones is 1. The van der Waals surface area contributed by atoms with E-state index in [-0.39, 0.29) is 17.5 Å². The highest BCUT2D eigenvalue weighted by Gasteiger charge is 2.27. The van der Waals surface area contributed by atoms with Crippen LogP contribution in [0.15, 0.2) is 24.3 Å². The summed E-state index contributed by atoms with van der Waals surface area (Å²) in [5.41, 5.74) is 0.448. The zero-order chi connectivity index (χ0) is 28.0. The maximum atomic E-state index is 12.5. The van der Waals surface area contributed by atoms with E-state index >= 15 is 0 Å². The molecule has 0 radical (unpaired) electrons. The molecule has 6 N–H and O–H groups in total. The average molecular weight is 588 g/mol. The monoisotopic (exact) mass is 587 g/mol. The van der Waals surface area contributed by atoms with Gasteiger partial charge in [-0.2, -0.15) is 0 Å². The Morgan fingerprint density at radius 3 is 1.89 bits per heavy atom. The molecule has 37 heavy (non-hydrogen) atoms. The second kappa shape index (κ2) is 15.9. The maximum Gasteiger partial charge on any atom is 0.326 e. The Morgan fingerprint density at radius 2 is 1.38 bits per heavy atom. The lowest BCUT2D eigenvalue weighted by atomic mass is 10.1. The number of hydrogen-bond acceptors (Lipinski definition) is 8. The van der Waals surface area contributed by atoms with Crippen molar-refractivity contribution >= 4 is 57.3 Å². The summed E-state index contributed by atoms with van der Waals surface area (Å²) in [6.45, 7) is -1.06. The van der Waals surface area contributed by atoms with E-state index in [4.69, 9.17) is 14.9 Å². The molecule has 202 valence electrons. The van der Waals surface area contributed by atoms with Crippen molar-refractivity contribution in [2.24, 2.45) is 0 Å². The highest BCUT2D eigenvalue weighted by Crippen LogP contribution is 2.13. The summed E-state index contributed by atoms with van der Waals surface area (Å²) in [6, 6.07) is 2.98. The number of alkyl halides is 1. The van der Waals surface area contributed by atoms with Gasteiger partial charge in [0.2, 0.25) is 11.8 Å². The molecule has 2 atom stereocenters. The molecule has 0 bridgehead atoms. The fourth-order valence-corrected chi connectivity index (χ4v) is 3.10. The van der Waals surface area contributed by atoms with Crippen molar-refractivity contribution in [1.29, 1.82) is 0 Å². The van der Waals surface area contributed by atoms with Crippen molar-refractivity contribution in [3.8, 4) is 5.75 Å². The van der Waals surface area contributed by atoms with Crippen LogP contribution in [-0.2, 0) is 28.8 Å². The molecule has 1 aromatic carbocycles. The van der Waals surface area contributed by atoms with Gasteiger partial charge >= 0.3 is 17.9 Å². The van der Waals surface area contributed by atoms with Crippen molar-refractivity contribution in [3.63, 3.8) is 0 Å². The molecule has 0 aliphatic rings. The van der Waals surface area contributed by atoms with Crippen LogP contribution in [0.2, 0.25) is 0 Å². The minimum Gasteiger partial charge on any atom is -0.484 e. The highest BCUT2D eigenvalue weighted by molar-refractivity contribution is 9.09. The molecule has 0 saturated heterocycles. The lowest BCUT2D eigenvalue weighted by Gasteiger charge is -2.21. The van der Waals surface area contributed by atoms with Crippen molar-refractivity contribution in [2.45, 2.75) is 37.8 Å². The van der Waals surface area contributed by atoms with Gasteiger partial charge in [-0.25, -0.2) is 4.79 Å². The second-order valence-electron chi connectivity index (χ2n) is 7.53. The SMILES string of the molecule is O=C(O)CCC(NC(=O)C(CCC(=O)O)NC(=O)CNC(=O)COc1ccc(C(=O)CBr)cc1)C(=O)O. The van der Waals surface area contributed by atoms with Crippen LogP contribution in [0, 0.1) is 0 Å².